The molecule has 2 aliphatic carbocycles. The molecule has 6 heteroatoms. The molecule has 0 bridgehead atoms. The molecule has 0 aliphatic heterocycles. The Morgan fingerprint density at radius 2 is 2.12 bits per heavy atom. The monoisotopic (exact) mass is 255 g/mol. The van der Waals surface area contributed by atoms with Crippen LogP contribution < -0.4 is 4.72 Å². The molecule has 1 aromatic heterocycles. The summed E-state index contributed by atoms with van der Waals surface area (Å²) in [7, 11) is -1.17. The molecule has 2 saturated carbocycles. The van der Waals surface area contributed by atoms with Crippen LogP contribution in [0.5, 0.6) is 0 Å². The zero-order valence-corrected chi connectivity index (χ0v) is 10.7. The average molecular weight is 255 g/mol. The number of rotatable bonds is 5. The summed E-state index contributed by atoms with van der Waals surface area (Å²) in [5, 5.41) is 4.19. The number of aryl methyl sites for hydroxylation is 1. The summed E-state index contributed by atoms with van der Waals surface area (Å²) in [4.78, 5) is 0. The summed E-state index contributed by atoms with van der Waals surface area (Å²) in [5.74, 6) is 0.640. The van der Waals surface area contributed by atoms with Gasteiger partial charge in [-0.05, 0) is 31.7 Å². The third-order valence-corrected chi connectivity index (χ3v) is 5.28. The fourth-order valence-corrected chi connectivity index (χ4v) is 3.40. The van der Waals surface area contributed by atoms with Crippen molar-refractivity contribution >= 4 is 10.0 Å². The molecule has 2 fully saturated rings. The lowest BCUT2D eigenvalue weighted by molar-refractivity contribution is 0.578. The molecule has 1 aromatic rings. The Balaban J connectivity index is 1.66. The predicted molar refractivity (Wildman–Crippen MR) is 64.0 cm³/mol. The average Bonchev–Trinajstić information content (AvgIpc) is 3.13. The van der Waals surface area contributed by atoms with E-state index >= 15 is 0 Å². The molecule has 0 unspecified atom stereocenters. The fourth-order valence-electron chi connectivity index (χ4n) is 2.06. The van der Waals surface area contributed by atoms with Gasteiger partial charge in [-0.3, -0.25) is 4.68 Å². The van der Waals surface area contributed by atoms with E-state index in [1.165, 1.54) is 18.5 Å². The fraction of sp³-hybridized carbons (Fsp3) is 0.727. The molecule has 17 heavy (non-hydrogen) atoms. The standard InChI is InChI=1S/C11H17N3O2S/c1-14-11(8-2-3-8)6-9(13-14)7-12-17(15,16)10-4-5-10/h6,8,10,12H,2-5,7H2,1H3. The van der Waals surface area contributed by atoms with E-state index in [1.807, 2.05) is 17.8 Å². The van der Waals surface area contributed by atoms with Gasteiger partial charge in [0.25, 0.3) is 0 Å². The molecule has 0 saturated heterocycles. The van der Waals surface area contributed by atoms with E-state index in [-0.39, 0.29) is 5.25 Å². The van der Waals surface area contributed by atoms with E-state index < -0.39 is 10.0 Å². The van der Waals surface area contributed by atoms with Crippen molar-refractivity contribution in [2.24, 2.45) is 7.05 Å². The minimum Gasteiger partial charge on any atom is -0.272 e. The minimum absolute atomic E-state index is 0.158. The van der Waals surface area contributed by atoms with Crippen molar-refractivity contribution in [3.8, 4) is 0 Å². The highest BCUT2D eigenvalue weighted by Gasteiger charge is 2.35. The second-order valence-electron chi connectivity index (χ2n) is 5.02. The Morgan fingerprint density at radius 1 is 1.41 bits per heavy atom. The normalized spacial score (nSPS) is 20.8. The molecule has 0 aromatic carbocycles. The van der Waals surface area contributed by atoms with Crippen molar-refractivity contribution in [2.75, 3.05) is 0 Å². The molecule has 1 N–H and O–H groups in total. The second-order valence-corrected chi connectivity index (χ2v) is 7.07. The first kappa shape index (κ1) is 11.2. The van der Waals surface area contributed by atoms with Crippen molar-refractivity contribution in [1.82, 2.24) is 14.5 Å². The summed E-state index contributed by atoms with van der Waals surface area (Å²) in [6, 6.07) is 2.02. The predicted octanol–water partition coefficient (Wildman–Crippen LogP) is 0.879. The van der Waals surface area contributed by atoms with Gasteiger partial charge < -0.3 is 0 Å². The van der Waals surface area contributed by atoms with Gasteiger partial charge in [0.05, 0.1) is 17.5 Å². The topological polar surface area (TPSA) is 64.0 Å². The second kappa shape index (κ2) is 3.81. The smallest absolute Gasteiger partial charge is 0.214 e. The molecule has 3 rings (SSSR count). The van der Waals surface area contributed by atoms with E-state index in [4.69, 9.17) is 0 Å². The highest BCUT2D eigenvalue weighted by atomic mass is 32.2. The largest absolute Gasteiger partial charge is 0.272 e. The Labute approximate surface area is 101 Å². The van der Waals surface area contributed by atoms with Crippen LogP contribution in [0.4, 0.5) is 0 Å². The first-order chi connectivity index (χ1) is 8.06. The Bertz CT molecular complexity index is 527. The molecular weight excluding hydrogens is 238 g/mol. The highest BCUT2D eigenvalue weighted by Crippen LogP contribution is 2.39. The summed E-state index contributed by atoms with van der Waals surface area (Å²) < 4.78 is 27.8. The van der Waals surface area contributed by atoms with E-state index in [9.17, 15) is 8.42 Å². The van der Waals surface area contributed by atoms with Gasteiger partial charge in [0.15, 0.2) is 0 Å². The maximum Gasteiger partial charge on any atom is 0.214 e. The summed E-state index contributed by atoms with van der Waals surface area (Å²) in [6.07, 6.45) is 4.05. The number of hydrogen-bond donors (Lipinski definition) is 1. The lowest BCUT2D eigenvalue weighted by Crippen LogP contribution is -2.26. The number of hydrogen-bond acceptors (Lipinski definition) is 3. The third kappa shape index (κ3) is 2.37. The van der Waals surface area contributed by atoms with Gasteiger partial charge in [0, 0.05) is 18.7 Å². The quantitative estimate of drug-likeness (QED) is 0.849. The van der Waals surface area contributed by atoms with Crippen molar-refractivity contribution in [2.45, 2.75) is 43.4 Å². The Kier molecular flexibility index (Phi) is 2.52. The van der Waals surface area contributed by atoms with Gasteiger partial charge in [0.1, 0.15) is 0 Å². The number of aromatic nitrogens is 2. The molecule has 1 heterocycles. The van der Waals surface area contributed by atoms with Gasteiger partial charge in [-0.15, -0.1) is 0 Å². The molecule has 5 nitrogen and oxygen atoms in total. The third-order valence-electron chi connectivity index (χ3n) is 3.38. The van der Waals surface area contributed by atoms with Crippen LogP contribution in [0.15, 0.2) is 6.07 Å². The molecule has 2 aliphatic rings. The Hall–Kier alpha value is -0.880. The van der Waals surface area contributed by atoms with Crippen LogP contribution in [-0.4, -0.2) is 23.4 Å². The summed E-state index contributed by atoms with van der Waals surface area (Å²) in [6.45, 7) is 0.319. The number of nitrogens with one attached hydrogen (secondary N) is 1. The van der Waals surface area contributed by atoms with Crippen LogP contribution in [0.1, 0.15) is 43.0 Å². The highest BCUT2D eigenvalue weighted by molar-refractivity contribution is 7.90. The van der Waals surface area contributed by atoms with E-state index in [0.29, 0.717) is 12.5 Å². The van der Waals surface area contributed by atoms with Crippen LogP contribution in [-0.2, 0) is 23.6 Å². The molecule has 0 atom stereocenters. The minimum atomic E-state index is -3.09. The number of sulfonamides is 1. The van der Waals surface area contributed by atoms with Gasteiger partial charge in [-0.1, -0.05) is 0 Å². The van der Waals surface area contributed by atoms with E-state index in [0.717, 1.165) is 18.5 Å². The van der Waals surface area contributed by atoms with Crippen LogP contribution in [0.25, 0.3) is 0 Å². The number of nitrogens with zero attached hydrogens (tertiary/aromatic N) is 2. The van der Waals surface area contributed by atoms with Gasteiger partial charge in [0.2, 0.25) is 10.0 Å². The summed E-state index contributed by atoms with van der Waals surface area (Å²) >= 11 is 0. The lowest BCUT2D eigenvalue weighted by Gasteiger charge is -2.02. The van der Waals surface area contributed by atoms with Crippen LogP contribution in [0, 0.1) is 0 Å². The SMILES string of the molecule is Cn1nc(CNS(=O)(=O)C2CC2)cc1C1CC1. The van der Waals surface area contributed by atoms with Crippen molar-refractivity contribution in [1.29, 1.82) is 0 Å². The van der Waals surface area contributed by atoms with Crippen molar-refractivity contribution in [3.63, 3.8) is 0 Å². The molecular formula is C11H17N3O2S. The van der Waals surface area contributed by atoms with Crippen LogP contribution in [0.3, 0.4) is 0 Å². The zero-order chi connectivity index (χ0) is 12.0. The maximum atomic E-state index is 11.7. The van der Waals surface area contributed by atoms with Crippen LogP contribution >= 0.6 is 0 Å². The summed E-state index contributed by atoms with van der Waals surface area (Å²) in [5.41, 5.74) is 2.05. The Morgan fingerprint density at radius 3 is 2.71 bits per heavy atom. The van der Waals surface area contributed by atoms with Gasteiger partial charge in [-0.2, -0.15) is 5.10 Å². The first-order valence-electron chi connectivity index (χ1n) is 6.07. The van der Waals surface area contributed by atoms with Gasteiger partial charge in [-0.25, -0.2) is 13.1 Å². The van der Waals surface area contributed by atoms with E-state index in [2.05, 4.69) is 9.82 Å². The van der Waals surface area contributed by atoms with E-state index in [1.54, 1.807) is 0 Å². The van der Waals surface area contributed by atoms with Crippen LogP contribution in [0.2, 0.25) is 0 Å². The zero-order valence-electron chi connectivity index (χ0n) is 9.89. The molecule has 0 spiro atoms. The first-order valence-corrected chi connectivity index (χ1v) is 7.62. The molecule has 94 valence electrons. The van der Waals surface area contributed by atoms with Crippen molar-refractivity contribution < 1.29 is 8.42 Å². The molecule has 0 radical (unpaired) electrons. The maximum absolute atomic E-state index is 11.7. The lowest BCUT2D eigenvalue weighted by atomic mass is 10.2. The van der Waals surface area contributed by atoms with Crippen molar-refractivity contribution in [3.05, 3.63) is 17.5 Å². The molecule has 0 amide bonds. The van der Waals surface area contributed by atoms with Gasteiger partial charge >= 0.3 is 0 Å².